The van der Waals surface area contributed by atoms with Crippen molar-refractivity contribution in [3.05, 3.63) is 59.9 Å². The Labute approximate surface area is 196 Å². The first-order valence-electron chi connectivity index (χ1n) is 11.7. The number of carbonyl (C=O) groups excluding carboxylic acids is 1. The molecule has 0 aliphatic carbocycles. The molecule has 6 nitrogen and oxygen atoms in total. The smallest absolute Gasteiger partial charge is 0.243 e. The Hall–Kier alpha value is -2.45. The number of anilines is 1. The van der Waals surface area contributed by atoms with E-state index in [1.54, 1.807) is 11.9 Å². The highest BCUT2D eigenvalue weighted by Crippen LogP contribution is 2.26. The maximum Gasteiger partial charge on any atom is 0.243 e. The summed E-state index contributed by atoms with van der Waals surface area (Å²) in [5.74, 6) is -0.910. The molecule has 2 aromatic carbocycles. The average Bonchev–Trinajstić information content (AvgIpc) is 2.85. The highest BCUT2D eigenvalue weighted by molar-refractivity contribution is 7.89. The highest BCUT2D eigenvalue weighted by Gasteiger charge is 2.34. The SMILES string of the molecule is CN(Cc1ccc(N2CCCCC2)cc1)C(=O)C1CCCN(S(=O)(=O)c2ccc(F)cc2)C1. The van der Waals surface area contributed by atoms with Gasteiger partial charge >= 0.3 is 0 Å². The first kappa shape index (κ1) is 23.7. The fraction of sp³-hybridized carbons (Fsp3) is 0.480. The van der Waals surface area contributed by atoms with Crippen molar-refractivity contribution in [1.29, 1.82) is 0 Å². The molecule has 0 spiro atoms. The van der Waals surface area contributed by atoms with Crippen molar-refractivity contribution in [3.8, 4) is 0 Å². The summed E-state index contributed by atoms with van der Waals surface area (Å²) in [6.45, 7) is 3.19. The number of amides is 1. The van der Waals surface area contributed by atoms with Crippen LogP contribution >= 0.6 is 0 Å². The summed E-state index contributed by atoms with van der Waals surface area (Å²) in [5, 5.41) is 0. The summed E-state index contributed by atoms with van der Waals surface area (Å²) in [7, 11) is -1.98. The van der Waals surface area contributed by atoms with Crippen molar-refractivity contribution in [2.75, 3.05) is 38.1 Å². The van der Waals surface area contributed by atoms with Crippen molar-refractivity contribution in [2.24, 2.45) is 5.92 Å². The molecule has 0 saturated carbocycles. The molecular weight excluding hydrogens is 441 g/mol. The molecule has 0 bridgehead atoms. The highest BCUT2D eigenvalue weighted by atomic mass is 32.2. The number of hydrogen-bond acceptors (Lipinski definition) is 4. The quantitative estimate of drug-likeness (QED) is 0.639. The van der Waals surface area contributed by atoms with Gasteiger partial charge in [-0.15, -0.1) is 0 Å². The van der Waals surface area contributed by atoms with E-state index in [2.05, 4.69) is 29.2 Å². The summed E-state index contributed by atoms with van der Waals surface area (Å²) in [6, 6.07) is 13.2. The minimum absolute atomic E-state index is 0.0471. The number of rotatable bonds is 6. The zero-order chi connectivity index (χ0) is 23.4. The van der Waals surface area contributed by atoms with Crippen LogP contribution in [0.5, 0.6) is 0 Å². The van der Waals surface area contributed by atoms with Gasteiger partial charge < -0.3 is 9.80 Å². The second-order valence-corrected chi connectivity index (χ2v) is 11.0. The molecule has 2 fully saturated rings. The Morgan fingerprint density at radius 2 is 1.64 bits per heavy atom. The zero-order valence-electron chi connectivity index (χ0n) is 19.1. The fourth-order valence-electron chi connectivity index (χ4n) is 4.75. The van der Waals surface area contributed by atoms with Crippen LogP contribution in [0.3, 0.4) is 0 Å². The molecule has 2 aromatic rings. The van der Waals surface area contributed by atoms with Crippen molar-refractivity contribution in [1.82, 2.24) is 9.21 Å². The van der Waals surface area contributed by atoms with Crippen LogP contribution in [0.4, 0.5) is 10.1 Å². The van der Waals surface area contributed by atoms with Gasteiger partial charge in [-0.05, 0) is 74.1 Å². The predicted octanol–water partition coefficient (Wildman–Crippen LogP) is 3.88. The van der Waals surface area contributed by atoms with Crippen LogP contribution in [0.25, 0.3) is 0 Å². The summed E-state index contributed by atoms with van der Waals surface area (Å²) >= 11 is 0. The number of hydrogen-bond donors (Lipinski definition) is 0. The number of sulfonamides is 1. The van der Waals surface area contributed by atoms with Crippen molar-refractivity contribution in [3.63, 3.8) is 0 Å². The van der Waals surface area contributed by atoms with Gasteiger partial charge in [-0.2, -0.15) is 4.31 Å². The number of carbonyl (C=O) groups is 1. The molecule has 33 heavy (non-hydrogen) atoms. The van der Waals surface area contributed by atoms with E-state index in [9.17, 15) is 17.6 Å². The van der Waals surface area contributed by atoms with E-state index in [-0.39, 0.29) is 23.3 Å². The minimum Gasteiger partial charge on any atom is -0.372 e. The van der Waals surface area contributed by atoms with Crippen LogP contribution in [0, 0.1) is 11.7 Å². The zero-order valence-corrected chi connectivity index (χ0v) is 19.9. The van der Waals surface area contributed by atoms with Gasteiger partial charge in [0.2, 0.25) is 15.9 Å². The maximum atomic E-state index is 13.2. The first-order valence-corrected chi connectivity index (χ1v) is 13.1. The molecule has 8 heteroatoms. The summed E-state index contributed by atoms with van der Waals surface area (Å²) in [5.41, 5.74) is 2.28. The molecule has 2 aliphatic rings. The molecule has 0 N–H and O–H groups in total. The van der Waals surface area contributed by atoms with Gasteiger partial charge in [-0.3, -0.25) is 4.79 Å². The molecule has 2 aliphatic heterocycles. The largest absolute Gasteiger partial charge is 0.372 e. The van der Waals surface area contributed by atoms with Crippen LogP contribution in [0.15, 0.2) is 53.4 Å². The van der Waals surface area contributed by atoms with Gasteiger partial charge in [0.15, 0.2) is 0 Å². The van der Waals surface area contributed by atoms with E-state index >= 15 is 0 Å². The molecule has 2 heterocycles. The van der Waals surface area contributed by atoms with E-state index in [1.165, 1.54) is 41.4 Å². The topological polar surface area (TPSA) is 60.9 Å². The standard InChI is InChI=1S/C25H32FN3O3S/c1-27(18-20-7-11-23(12-8-20)28-15-3-2-4-16-28)25(30)21-6-5-17-29(19-21)33(31,32)24-13-9-22(26)10-14-24/h7-14,21H,2-6,15-19H2,1H3. The van der Waals surface area contributed by atoms with Crippen LogP contribution in [-0.2, 0) is 21.4 Å². The lowest BCUT2D eigenvalue weighted by molar-refractivity contribution is -0.135. The van der Waals surface area contributed by atoms with Gasteiger partial charge in [-0.1, -0.05) is 12.1 Å². The normalized spacial score (nSPS) is 19.9. The molecule has 1 amide bonds. The second kappa shape index (κ2) is 10.2. The van der Waals surface area contributed by atoms with E-state index in [0.717, 1.165) is 30.8 Å². The van der Waals surface area contributed by atoms with Crippen molar-refractivity contribution < 1.29 is 17.6 Å². The van der Waals surface area contributed by atoms with E-state index in [4.69, 9.17) is 0 Å². The Kier molecular flexibility index (Phi) is 7.34. The monoisotopic (exact) mass is 473 g/mol. The Balaban J connectivity index is 1.37. The van der Waals surface area contributed by atoms with Crippen molar-refractivity contribution >= 4 is 21.6 Å². The summed E-state index contributed by atoms with van der Waals surface area (Å²) < 4.78 is 40.5. The molecule has 1 atom stereocenters. The number of nitrogens with zero attached hydrogens (tertiary/aromatic N) is 3. The van der Waals surface area contributed by atoms with Crippen molar-refractivity contribution in [2.45, 2.75) is 43.5 Å². The Bertz CT molecular complexity index is 1050. The van der Waals surface area contributed by atoms with Gasteiger partial charge in [0, 0.05) is 45.5 Å². The molecule has 4 rings (SSSR count). The summed E-state index contributed by atoms with van der Waals surface area (Å²) in [4.78, 5) is 17.3. The fourth-order valence-corrected chi connectivity index (χ4v) is 6.27. The van der Waals surface area contributed by atoms with Crippen LogP contribution in [0.2, 0.25) is 0 Å². The van der Waals surface area contributed by atoms with Gasteiger partial charge in [0.05, 0.1) is 10.8 Å². The van der Waals surface area contributed by atoms with Gasteiger partial charge in [0.1, 0.15) is 5.82 Å². The van der Waals surface area contributed by atoms with Gasteiger partial charge in [0.25, 0.3) is 0 Å². The van der Waals surface area contributed by atoms with Gasteiger partial charge in [-0.25, -0.2) is 12.8 Å². The lowest BCUT2D eigenvalue weighted by atomic mass is 9.98. The molecule has 1 unspecified atom stereocenters. The Morgan fingerprint density at radius 1 is 0.970 bits per heavy atom. The van der Waals surface area contributed by atoms with Crippen LogP contribution in [-0.4, -0.2) is 56.8 Å². The molecule has 0 aromatic heterocycles. The maximum absolute atomic E-state index is 13.2. The molecule has 0 radical (unpaired) electrons. The third-order valence-electron chi connectivity index (χ3n) is 6.64. The third kappa shape index (κ3) is 5.55. The number of piperidine rings is 2. The molecular formula is C25H32FN3O3S. The van der Waals surface area contributed by atoms with Crippen LogP contribution < -0.4 is 4.90 Å². The lowest BCUT2D eigenvalue weighted by Crippen LogP contribution is -2.45. The van der Waals surface area contributed by atoms with Crippen LogP contribution in [0.1, 0.15) is 37.7 Å². The molecule has 2 saturated heterocycles. The second-order valence-electron chi connectivity index (χ2n) is 9.06. The Morgan fingerprint density at radius 3 is 2.30 bits per heavy atom. The lowest BCUT2D eigenvalue weighted by Gasteiger charge is -2.33. The number of benzene rings is 2. The minimum atomic E-state index is -3.75. The average molecular weight is 474 g/mol. The third-order valence-corrected chi connectivity index (χ3v) is 8.52. The van der Waals surface area contributed by atoms with E-state index < -0.39 is 15.8 Å². The van der Waals surface area contributed by atoms with E-state index in [1.807, 2.05) is 0 Å². The number of halogens is 1. The molecule has 178 valence electrons. The summed E-state index contributed by atoms with van der Waals surface area (Å²) in [6.07, 6.45) is 5.04. The predicted molar refractivity (Wildman–Crippen MR) is 127 cm³/mol. The van der Waals surface area contributed by atoms with E-state index in [0.29, 0.717) is 25.9 Å². The first-order chi connectivity index (χ1) is 15.8.